The smallest absolute Gasteiger partial charge is 0.171 e. The zero-order valence-electron chi connectivity index (χ0n) is 8.22. The monoisotopic (exact) mass is 244 g/mol. The van der Waals surface area contributed by atoms with Crippen molar-refractivity contribution in [3.8, 4) is 5.75 Å². The first kappa shape index (κ1) is 10.8. The van der Waals surface area contributed by atoms with Gasteiger partial charge in [-0.1, -0.05) is 23.2 Å². The summed E-state index contributed by atoms with van der Waals surface area (Å²) in [4.78, 5) is 11.9. The SMILES string of the molecule is COc1cc(Cl)cc(Cl)c1C(=O)C1CC1. The van der Waals surface area contributed by atoms with E-state index in [0.717, 1.165) is 12.8 Å². The highest BCUT2D eigenvalue weighted by molar-refractivity contribution is 6.37. The zero-order valence-corrected chi connectivity index (χ0v) is 9.73. The lowest BCUT2D eigenvalue weighted by Crippen LogP contribution is -2.05. The lowest BCUT2D eigenvalue weighted by atomic mass is 10.1. The Kier molecular flexibility index (Phi) is 2.89. The highest BCUT2D eigenvalue weighted by Gasteiger charge is 2.33. The summed E-state index contributed by atoms with van der Waals surface area (Å²) >= 11 is 11.8. The molecule has 1 aliphatic rings. The predicted octanol–water partition coefficient (Wildman–Crippen LogP) is 3.59. The minimum atomic E-state index is 0.0634. The summed E-state index contributed by atoms with van der Waals surface area (Å²) in [5, 5.41) is 0.848. The van der Waals surface area contributed by atoms with Crippen molar-refractivity contribution < 1.29 is 9.53 Å². The molecule has 0 N–H and O–H groups in total. The fraction of sp³-hybridized carbons (Fsp3) is 0.364. The lowest BCUT2D eigenvalue weighted by molar-refractivity contribution is 0.0965. The Morgan fingerprint density at radius 3 is 2.60 bits per heavy atom. The van der Waals surface area contributed by atoms with E-state index in [0.29, 0.717) is 21.4 Å². The van der Waals surface area contributed by atoms with E-state index in [2.05, 4.69) is 0 Å². The fourth-order valence-corrected chi connectivity index (χ4v) is 2.07. The number of ketones is 1. The topological polar surface area (TPSA) is 26.3 Å². The molecule has 1 fully saturated rings. The molecule has 0 bridgehead atoms. The number of hydrogen-bond donors (Lipinski definition) is 0. The summed E-state index contributed by atoms with van der Waals surface area (Å²) in [6.45, 7) is 0. The summed E-state index contributed by atoms with van der Waals surface area (Å²) in [7, 11) is 1.51. The molecule has 15 heavy (non-hydrogen) atoms. The molecular weight excluding hydrogens is 235 g/mol. The van der Waals surface area contributed by atoms with Crippen molar-refractivity contribution in [3.63, 3.8) is 0 Å². The van der Waals surface area contributed by atoms with Gasteiger partial charge in [-0.05, 0) is 25.0 Å². The maximum Gasteiger partial charge on any atom is 0.171 e. The largest absolute Gasteiger partial charge is 0.496 e. The molecule has 0 unspecified atom stereocenters. The van der Waals surface area contributed by atoms with Crippen molar-refractivity contribution in [1.82, 2.24) is 0 Å². The zero-order chi connectivity index (χ0) is 11.0. The third-order valence-electron chi connectivity index (χ3n) is 2.43. The molecule has 0 aliphatic heterocycles. The van der Waals surface area contributed by atoms with Gasteiger partial charge in [0.1, 0.15) is 5.75 Å². The first-order chi connectivity index (χ1) is 7.13. The molecular formula is C11H10Cl2O2. The number of halogens is 2. The van der Waals surface area contributed by atoms with Gasteiger partial charge in [0.05, 0.1) is 17.7 Å². The molecule has 0 atom stereocenters. The normalized spacial score (nSPS) is 15.1. The fourth-order valence-electron chi connectivity index (χ4n) is 1.50. The second-order valence-corrected chi connectivity index (χ2v) is 4.45. The quantitative estimate of drug-likeness (QED) is 0.760. The maximum absolute atomic E-state index is 11.9. The van der Waals surface area contributed by atoms with Gasteiger partial charge in [0.25, 0.3) is 0 Å². The van der Waals surface area contributed by atoms with Gasteiger partial charge in [0, 0.05) is 10.9 Å². The average Bonchev–Trinajstić information content (AvgIpc) is 2.98. The van der Waals surface area contributed by atoms with Crippen LogP contribution in [0.4, 0.5) is 0 Å². The van der Waals surface area contributed by atoms with Crippen LogP contribution in [-0.4, -0.2) is 12.9 Å². The van der Waals surface area contributed by atoms with Crippen LogP contribution in [0.25, 0.3) is 0 Å². The predicted molar refractivity (Wildman–Crippen MR) is 60.1 cm³/mol. The summed E-state index contributed by atoms with van der Waals surface area (Å²) in [5.41, 5.74) is 0.464. The number of Topliss-reactive ketones (excluding diaryl/α,β-unsaturated/α-hetero) is 1. The molecule has 0 radical (unpaired) electrons. The van der Waals surface area contributed by atoms with Crippen LogP contribution in [0.5, 0.6) is 5.75 Å². The van der Waals surface area contributed by atoms with E-state index in [1.54, 1.807) is 12.1 Å². The van der Waals surface area contributed by atoms with Crippen molar-refractivity contribution in [2.45, 2.75) is 12.8 Å². The first-order valence-electron chi connectivity index (χ1n) is 4.70. The van der Waals surface area contributed by atoms with E-state index < -0.39 is 0 Å². The van der Waals surface area contributed by atoms with Gasteiger partial charge < -0.3 is 4.74 Å². The van der Waals surface area contributed by atoms with Gasteiger partial charge in [0.2, 0.25) is 0 Å². The molecule has 0 spiro atoms. The van der Waals surface area contributed by atoms with Crippen molar-refractivity contribution in [2.75, 3.05) is 7.11 Å². The highest BCUT2D eigenvalue weighted by Crippen LogP contribution is 2.39. The number of methoxy groups -OCH3 is 1. The molecule has 2 rings (SSSR count). The van der Waals surface area contributed by atoms with E-state index in [9.17, 15) is 4.79 Å². The van der Waals surface area contributed by atoms with Crippen LogP contribution >= 0.6 is 23.2 Å². The van der Waals surface area contributed by atoms with Crippen LogP contribution < -0.4 is 4.74 Å². The molecule has 1 saturated carbocycles. The molecule has 4 heteroatoms. The molecule has 1 aliphatic carbocycles. The van der Waals surface area contributed by atoms with Crippen LogP contribution in [0.2, 0.25) is 10.0 Å². The molecule has 1 aromatic rings. The van der Waals surface area contributed by atoms with E-state index in [1.807, 2.05) is 0 Å². The number of hydrogen-bond acceptors (Lipinski definition) is 2. The van der Waals surface area contributed by atoms with Crippen LogP contribution in [0.1, 0.15) is 23.2 Å². The molecule has 0 amide bonds. The number of carbonyl (C=O) groups is 1. The standard InChI is InChI=1S/C11H10Cl2O2/c1-15-9-5-7(12)4-8(13)10(9)11(14)6-2-3-6/h4-6H,2-3H2,1H3. The van der Waals surface area contributed by atoms with Gasteiger partial charge in [-0.15, -0.1) is 0 Å². The molecule has 0 heterocycles. The number of benzene rings is 1. The summed E-state index contributed by atoms with van der Waals surface area (Å²) in [6, 6.07) is 3.18. The summed E-state index contributed by atoms with van der Waals surface area (Å²) < 4.78 is 5.12. The third kappa shape index (κ3) is 2.11. The Morgan fingerprint density at radius 2 is 2.07 bits per heavy atom. The number of carbonyl (C=O) groups excluding carboxylic acids is 1. The van der Waals surface area contributed by atoms with Crippen molar-refractivity contribution >= 4 is 29.0 Å². The minimum Gasteiger partial charge on any atom is -0.496 e. The van der Waals surface area contributed by atoms with Crippen LogP contribution in [0, 0.1) is 5.92 Å². The van der Waals surface area contributed by atoms with Crippen molar-refractivity contribution in [2.24, 2.45) is 5.92 Å². The summed E-state index contributed by atoms with van der Waals surface area (Å²) in [5.74, 6) is 0.649. The van der Waals surface area contributed by atoms with Gasteiger partial charge in [0.15, 0.2) is 5.78 Å². The molecule has 2 nitrogen and oxygen atoms in total. The molecule has 1 aromatic carbocycles. The maximum atomic E-state index is 11.9. The van der Waals surface area contributed by atoms with E-state index in [4.69, 9.17) is 27.9 Å². The number of ether oxygens (including phenoxy) is 1. The first-order valence-corrected chi connectivity index (χ1v) is 5.46. The van der Waals surface area contributed by atoms with Gasteiger partial charge in [-0.3, -0.25) is 4.79 Å². The minimum absolute atomic E-state index is 0.0634. The van der Waals surface area contributed by atoms with E-state index in [-0.39, 0.29) is 11.7 Å². The molecule has 80 valence electrons. The Balaban J connectivity index is 2.47. The third-order valence-corrected chi connectivity index (χ3v) is 2.95. The van der Waals surface area contributed by atoms with E-state index in [1.165, 1.54) is 7.11 Å². The van der Waals surface area contributed by atoms with Gasteiger partial charge in [-0.2, -0.15) is 0 Å². The van der Waals surface area contributed by atoms with E-state index >= 15 is 0 Å². The van der Waals surface area contributed by atoms with Crippen molar-refractivity contribution in [1.29, 1.82) is 0 Å². The van der Waals surface area contributed by atoms with Crippen LogP contribution in [0.3, 0.4) is 0 Å². The number of rotatable bonds is 3. The Hall–Kier alpha value is -0.730. The second-order valence-electron chi connectivity index (χ2n) is 3.60. The van der Waals surface area contributed by atoms with Crippen LogP contribution in [0.15, 0.2) is 12.1 Å². The lowest BCUT2D eigenvalue weighted by Gasteiger charge is -2.09. The Labute approximate surface area is 98.1 Å². The van der Waals surface area contributed by atoms with Gasteiger partial charge >= 0.3 is 0 Å². The molecule has 0 saturated heterocycles. The summed E-state index contributed by atoms with van der Waals surface area (Å²) in [6.07, 6.45) is 1.89. The van der Waals surface area contributed by atoms with Crippen LogP contribution in [-0.2, 0) is 0 Å². The molecule has 0 aromatic heterocycles. The van der Waals surface area contributed by atoms with Gasteiger partial charge in [-0.25, -0.2) is 0 Å². The Morgan fingerprint density at radius 1 is 1.40 bits per heavy atom. The highest BCUT2D eigenvalue weighted by atomic mass is 35.5. The average molecular weight is 245 g/mol. The van der Waals surface area contributed by atoms with Crippen molar-refractivity contribution in [3.05, 3.63) is 27.7 Å². The second kappa shape index (κ2) is 4.03. The Bertz CT molecular complexity index is 411.